The van der Waals surface area contributed by atoms with Crippen LogP contribution < -0.4 is 5.73 Å². The lowest BCUT2D eigenvalue weighted by Crippen LogP contribution is -2.16. The molecule has 0 heterocycles. The van der Waals surface area contributed by atoms with Gasteiger partial charge in [-0.15, -0.1) is 0 Å². The van der Waals surface area contributed by atoms with Crippen molar-refractivity contribution >= 4 is 11.5 Å². The number of hydrogen-bond acceptors (Lipinski definition) is 2. The molecule has 1 fully saturated rings. The quantitative estimate of drug-likeness (QED) is 0.484. The summed E-state index contributed by atoms with van der Waals surface area (Å²) in [6.45, 7) is 0. The standard InChI is InChI=1S/C14H18FNO/c15-12-9-5-8-11(13(12)16)14(17)10-6-3-1-2-4-7-10/h5,8-10H,1-4,6-7,16H2. The Hall–Kier alpha value is -1.38. The predicted molar refractivity (Wildman–Crippen MR) is 66.3 cm³/mol. The van der Waals surface area contributed by atoms with E-state index in [1.165, 1.54) is 18.9 Å². The minimum Gasteiger partial charge on any atom is -0.396 e. The molecule has 3 heteroatoms. The molecule has 2 nitrogen and oxygen atoms in total. The monoisotopic (exact) mass is 235 g/mol. The molecule has 0 aliphatic heterocycles. The Bertz CT molecular complexity index is 409. The number of nitrogen functional groups attached to an aromatic ring is 1. The number of carbonyl (C=O) groups is 1. The molecule has 0 spiro atoms. The van der Waals surface area contributed by atoms with Crippen molar-refractivity contribution in [3.8, 4) is 0 Å². The maximum Gasteiger partial charge on any atom is 0.168 e. The fraction of sp³-hybridized carbons (Fsp3) is 0.500. The maximum atomic E-state index is 13.3. The van der Waals surface area contributed by atoms with Crippen molar-refractivity contribution in [2.24, 2.45) is 5.92 Å². The lowest BCUT2D eigenvalue weighted by molar-refractivity contribution is 0.0908. The van der Waals surface area contributed by atoms with Gasteiger partial charge in [0.25, 0.3) is 0 Å². The molecule has 0 saturated heterocycles. The van der Waals surface area contributed by atoms with Gasteiger partial charge in [-0.3, -0.25) is 4.79 Å². The van der Waals surface area contributed by atoms with Gasteiger partial charge in [0.2, 0.25) is 0 Å². The molecule has 2 N–H and O–H groups in total. The van der Waals surface area contributed by atoms with E-state index < -0.39 is 5.82 Å². The number of rotatable bonds is 2. The van der Waals surface area contributed by atoms with Crippen LogP contribution in [0.1, 0.15) is 48.9 Å². The SMILES string of the molecule is Nc1c(F)cccc1C(=O)C1CCCCCC1. The summed E-state index contributed by atoms with van der Waals surface area (Å²) in [5.74, 6) is -0.449. The van der Waals surface area contributed by atoms with Gasteiger partial charge in [0, 0.05) is 11.5 Å². The van der Waals surface area contributed by atoms with Gasteiger partial charge in [0.05, 0.1) is 5.69 Å². The van der Waals surface area contributed by atoms with Crippen molar-refractivity contribution < 1.29 is 9.18 Å². The van der Waals surface area contributed by atoms with Gasteiger partial charge in [-0.05, 0) is 25.0 Å². The van der Waals surface area contributed by atoms with E-state index in [1.807, 2.05) is 0 Å². The van der Waals surface area contributed by atoms with Crippen molar-refractivity contribution in [1.29, 1.82) is 0 Å². The van der Waals surface area contributed by atoms with E-state index in [0.29, 0.717) is 5.56 Å². The number of anilines is 1. The molecule has 17 heavy (non-hydrogen) atoms. The third-order valence-electron chi connectivity index (χ3n) is 3.54. The second kappa shape index (κ2) is 5.30. The van der Waals surface area contributed by atoms with Gasteiger partial charge in [-0.25, -0.2) is 4.39 Å². The van der Waals surface area contributed by atoms with Crippen molar-refractivity contribution in [1.82, 2.24) is 0 Å². The number of nitrogens with two attached hydrogens (primary N) is 1. The molecule has 1 aromatic carbocycles. The average molecular weight is 235 g/mol. The van der Waals surface area contributed by atoms with Crippen molar-refractivity contribution in [2.45, 2.75) is 38.5 Å². The highest BCUT2D eigenvalue weighted by molar-refractivity contribution is 6.02. The Kier molecular flexibility index (Phi) is 3.77. The molecule has 1 aliphatic rings. The number of hydrogen-bond donors (Lipinski definition) is 1. The van der Waals surface area contributed by atoms with Crippen LogP contribution in [0.15, 0.2) is 18.2 Å². The zero-order chi connectivity index (χ0) is 12.3. The van der Waals surface area contributed by atoms with Crippen molar-refractivity contribution in [2.75, 3.05) is 5.73 Å². The summed E-state index contributed by atoms with van der Waals surface area (Å²) in [6, 6.07) is 4.47. The normalized spacial score (nSPS) is 17.7. The maximum absolute atomic E-state index is 13.3. The van der Waals surface area contributed by atoms with E-state index in [1.54, 1.807) is 12.1 Å². The smallest absolute Gasteiger partial charge is 0.168 e. The first-order valence-corrected chi connectivity index (χ1v) is 6.28. The molecule has 0 radical (unpaired) electrons. The summed E-state index contributed by atoms with van der Waals surface area (Å²) >= 11 is 0. The van der Waals surface area contributed by atoms with Crippen molar-refractivity contribution in [3.63, 3.8) is 0 Å². The van der Waals surface area contributed by atoms with Crippen LogP contribution in [-0.4, -0.2) is 5.78 Å². The molecular weight excluding hydrogens is 217 g/mol. The topological polar surface area (TPSA) is 43.1 Å². The van der Waals surface area contributed by atoms with Gasteiger partial charge in [0.1, 0.15) is 5.82 Å². The highest BCUT2D eigenvalue weighted by atomic mass is 19.1. The predicted octanol–water partition coefficient (Wildman–Crippen LogP) is 3.56. The molecule has 0 unspecified atom stereocenters. The number of carbonyl (C=O) groups excluding carboxylic acids is 1. The van der Waals surface area contributed by atoms with Crippen LogP contribution in [0.2, 0.25) is 0 Å². The van der Waals surface area contributed by atoms with Crippen LogP contribution in [0.3, 0.4) is 0 Å². The first-order valence-electron chi connectivity index (χ1n) is 6.28. The molecule has 92 valence electrons. The lowest BCUT2D eigenvalue weighted by atomic mass is 9.90. The van der Waals surface area contributed by atoms with Gasteiger partial charge in [-0.1, -0.05) is 31.7 Å². The van der Waals surface area contributed by atoms with E-state index in [-0.39, 0.29) is 17.4 Å². The van der Waals surface area contributed by atoms with Gasteiger partial charge in [-0.2, -0.15) is 0 Å². The lowest BCUT2D eigenvalue weighted by Gasteiger charge is -2.14. The summed E-state index contributed by atoms with van der Waals surface area (Å²) in [7, 11) is 0. The first-order chi connectivity index (χ1) is 8.20. The van der Waals surface area contributed by atoms with E-state index in [2.05, 4.69) is 0 Å². The molecule has 0 aromatic heterocycles. The minimum atomic E-state index is -0.496. The summed E-state index contributed by atoms with van der Waals surface area (Å²) < 4.78 is 13.3. The number of Topliss-reactive ketones (excluding diaryl/α,β-unsaturated/α-hetero) is 1. The first kappa shape index (κ1) is 12.1. The molecule has 0 bridgehead atoms. The third-order valence-corrected chi connectivity index (χ3v) is 3.54. The molecule has 0 amide bonds. The Labute approximate surface area is 101 Å². The summed E-state index contributed by atoms with van der Waals surface area (Å²) in [6.07, 6.45) is 6.39. The number of halogens is 1. The molecule has 1 saturated carbocycles. The molecule has 0 atom stereocenters. The molecule has 1 aromatic rings. The minimum absolute atomic E-state index is 0.00162. The number of benzene rings is 1. The largest absolute Gasteiger partial charge is 0.396 e. The molecular formula is C14H18FNO. The number of ketones is 1. The summed E-state index contributed by atoms with van der Waals surface area (Å²) in [5, 5.41) is 0. The van der Waals surface area contributed by atoms with Crippen LogP contribution in [0.4, 0.5) is 10.1 Å². The Morgan fingerprint density at radius 2 is 1.82 bits per heavy atom. The van der Waals surface area contributed by atoms with Crippen LogP contribution in [0.5, 0.6) is 0 Å². The average Bonchev–Trinajstić information content (AvgIpc) is 2.60. The van der Waals surface area contributed by atoms with Gasteiger partial charge < -0.3 is 5.73 Å². The van der Waals surface area contributed by atoms with E-state index in [4.69, 9.17) is 5.73 Å². The van der Waals surface area contributed by atoms with E-state index in [9.17, 15) is 9.18 Å². The third kappa shape index (κ3) is 2.65. The fourth-order valence-corrected chi connectivity index (χ4v) is 2.51. The van der Waals surface area contributed by atoms with Crippen LogP contribution in [0.25, 0.3) is 0 Å². The van der Waals surface area contributed by atoms with E-state index >= 15 is 0 Å². The van der Waals surface area contributed by atoms with Gasteiger partial charge >= 0.3 is 0 Å². The van der Waals surface area contributed by atoms with Crippen LogP contribution >= 0.6 is 0 Å². The zero-order valence-corrected chi connectivity index (χ0v) is 9.92. The summed E-state index contributed by atoms with van der Waals surface area (Å²) in [4.78, 5) is 12.3. The van der Waals surface area contributed by atoms with Crippen LogP contribution in [-0.2, 0) is 0 Å². The van der Waals surface area contributed by atoms with Gasteiger partial charge in [0.15, 0.2) is 5.78 Å². The number of para-hydroxylation sites is 1. The summed E-state index contributed by atoms with van der Waals surface area (Å²) in [5.41, 5.74) is 5.99. The zero-order valence-electron chi connectivity index (χ0n) is 9.92. The Morgan fingerprint density at radius 1 is 1.18 bits per heavy atom. The highest BCUT2D eigenvalue weighted by Gasteiger charge is 2.23. The fourth-order valence-electron chi connectivity index (χ4n) is 2.51. The molecule has 1 aliphatic carbocycles. The molecule has 2 rings (SSSR count). The second-order valence-electron chi connectivity index (χ2n) is 4.75. The van der Waals surface area contributed by atoms with Crippen LogP contribution in [0, 0.1) is 11.7 Å². The Morgan fingerprint density at radius 3 is 2.47 bits per heavy atom. The van der Waals surface area contributed by atoms with E-state index in [0.717, 1.165) is 25.7 Å². The highest BCUT2D eigenvalue weighted by Crippen LogP contribution is 2.28. The second-order valence-corrected chi connectivity index (χ2v) is 4.75. The Balaban J connectivity index is 2.20. The van der Waals surface area contributed by atoms with Crippen molar-refractivity contribution in [3.05, 3.63) is 29.6 Å².